The Balaban J connectivity index is 2.21. The summed E-state index contributed by atoms with van der Waals surface area (Å²) in [5, 5.41) is 3.40. The second-order valence-corrected chi connectivity index (χ2v) is 3.96. The molecule has 0 amide bonds. The molecule has 0 unspecified atom stereocenters. The number of nitrogens with two attached hydrogens (primary N) is 1. The van der Waals surface area contributed by atoms with Crippen molar-refractivity contribution < 1.29 is 0 Å². The van der Waals surface area contributed by atoms with Gasteiger partial charge in [0.15, 0.2) is 0 Å². The zero-order valence-electron chi connectivity index (χ0n) is 8.43. The predicted octanol–water partition coefficient (Wildman–Crippen LogP) is 0.884. The lowest BCUT2D eigenvalue weighted by Gasteiger charge is -2.24. The highest BCUT2D eigenvalue weighted by atomic mass is 15.0. The van der Waals surface area contributed by atoms with Crippen molar-refractivity contribution in [3.8, 4) is 0 Å². The predicted molar refractivity (Wildman–Crippen MR) is 55.6 cm³/mol. The largest absolute Gasteiger partial charge is 0.365 e. The summed E-state index contributed by atoms with van der Waals surface area (Å²) >= 11 is 0. The Kier molecular flexibility index (Phi) is 3.51. The normalized spacial score (nSPS) is 11.9. The smallest absolute Gasteiger partial charge is 0.0247 e. The minimum absolute atomic E-state index is 0.0482. The molecule has 0 spiro atoms. The molecule has 4 N–H and O–H groups in total. The molecule has 3 heteroatoms. The zero-order valence-corrected chi connectivity index (χ0v) is 8.43. The lowest BCUT2D eigenvalue weighted by Crippen LogP contribution is -2.46. The molecule has 0 saturated heterocycles. The van der Waals surface area contributed by atoms with Crippen LogP contribution in [0.15, 0.2) is 18.3 Å². The van der Waals surface area contributed by atoms with Gasteiger partial charge in [-0.05, 0) is 32.4 Å². The van der Waals surface area contributed by atoms with Crippen LogP contribution in [-0.2, 0) is 6.42 Å². The number of nitrogens with one attached hydrogen (secondary N) is 2. The number of aromatic nitrogens is 1. The second kappa shape index (κ2) is 4.44. The van der Waals surface area contributed by atoms with E-state index in [9.17, 15) is 0 Å². The van der Waals surface area contributed by atoms with Crippen LogP contribution in [0.25, 0.3) is 0 Å². The van der Waals surface area contributed by atoms with Crippen molar-refractivity contribution in [1.29, 1.82) is 0 Å². The van der Waals surface area contributed by atoms with Crippen LogP contribution in [0, 0.1) is 0 Å². The molecule has 0 aliphatic rings. The Morgan fingerprint density at radius 1 is 1.54 bits per heavy atom. The van der Waals surface area contributed by atoms with E-state index in [1.54, 1.807) is 0 Å². The minimum Gasteiger partial charge on any atom is -0.365 e. The van der Waals surface area contributed by atoms with Gasteiger partial charge in [0.05, 0.1) is 0 Å². The molecule has 74 valence electrons. The van der Waals surface area contributed by atoms with Crippen LogP contribution in [0.4, 0.5) is 0 Å². The molecular weight excluding hydrogens is 162 g/mol. The molecule has 13 heavy (non-hydrogen) atoms. The summed E-state index contributed by atoms with van der Waals surface area (Å²) < 4.78 is 0. The minimum atomic E-state index is 0.0482. The van der Waals surface area contributed by atoms with Gasteiger partial charge >= 0.3 is 0 Å². The Morgan fingerprint density at radius 2 is 2.31 bits per heavy atom. The third kappa shape index (κ3) is 3.61. The van der Waals surface area contributed by atoms with E-state index < -0.39 is 0 Å². The van der Waals surface area contributed by atoms with E-state index in [4.69, 9.17) is 5.73 Å². The molecule has 0 radical (unpaired) electrons. The van der Waals surface area contributed by atoms with E-state index >= 15 is 0 Å². The molecule has 0 bridgehead atoms. The van der Waals surface area contributed by atoms with Crippen molar-refractivity contribution in [3.05, 3.63) is 24.0 Å². The van der Waals surface area contributed by atoms with Gasteiger partial charge in [0.25, 0.3) is 0 Å². The van der Waals surface area contributed by atoms with Gasteiger partial charge in [-0.3, -0.25) is 0 Å². The monoisotopic (exact) mass is 181 g/mol. The van der Waals surface area contributed by atoms with Gasteiger partial charge in [-0.1, -0.05) is 0 Å². The lowest BCUT2D eigenvalue weighted by molar-refractivity contribution is 0.401. The van der Waals surface area contributed by atoms with Crippen LogP contribution < -0.4 is 11.1 Å². The first-order valence-corrected chi connectivity index (χ1v) is 4.71. The summed E-state index contributed by atoms with van der Waals surface area (Å²) in [4.78, 5) is 3.17. The maximum Gasteiger partial charge on any atom is 0.0247 e. The average molecular weight is 181 g/mol. The lowest BCUT2D eigenvalue weighted by atomic mass is 10.1. The second-order valence-electron chi connectivity index (χ2n) is 3.96. The maximum atomic E-state index is 5.60. The van der Waals surface area contributed by atoms with Crippen molar-refractivity contribution in [2.24, 2.45) is 5.73 Å². The average Bonchev–Trinajstić information content (AvgIpc) is 2.57. The first-order valence-electron chi connectivity index (χ1n) is 4.71. The fourth-order valence-electron chi connectivity index (χ4n) is 1.13. The summed E-state index contributed by atoms with van der Waals surface area (Å²) in [5.74, 6) is 0. The number of rotatable bonds is 5. The van der Waals surface area contributed by atoms with Gasteiger partial charge < -0.3 is 16.0 Å². The van der Waals surface area contributed by atoms with E-state index in [1.807, 2.05) is 12.3 Å². The standard InChI is InChI=1S/C10H19N3/c1-10(2,8-11)13-7-5-9-4-3-6-12-9/h3-4,6,12-13H,5,7-8,11H2,1-2H3. The molecular formula is C10H19N3. The highest BCUT2D eigenvalue weighted by molar-refractivity contribution is 5.04. The molecule has 0 saturated carbocycles. The summed E-state index contributed by atoms with van der Waals surface area (Å²) in [5.41, 5.74) is 6.91. The van der Waals surface area contributed by atoms with Crippen molar-refractivity contribution >= 4 is 0 Å². The van der Waals surface area contributed by atoms with Crippen molar-refractivity contribution in [2.45, 2.75) is 25.8 Å². The highest BCUT2D eigenvalue weighted by Gasteiger charge is 2.12. The Bertz CT molecular complexity index is 226. The van der Waals surface area contributed by atoms with Gasteiger partial charge in [-0.2, -0.15) is 0 Å². The van der Waals surface area contributed by atoms with Crippen molar-refractivity contribution in [3.63, 3.8) is 0 Å². The summed E-state index contributed by atoms with van der Waals surface area (Å²) in [6, 6.07) is 4.11. The van der Waals surface area contributed by atoms with Crippen LogP contribution in [-0.4, -0.2) is 23.6 Å². The maximum absolute atomic E-state index is 5.60. The SMILES string of the molecule is CC(C)(CN)NCCc1ccc[nH]1. The molecule has 0 fully saturated rings. The molecule has 0 aliphatic heterocycles. The zero-order chi connectivity index (χ0) is 9.73. The Hall–Kier alpha value is -0.800. The van der Waals surface area contributed by atoms with Gasteiger partial charge in [0.1, 0.15) is 0 Å². The molecule has 0 aromatic carbocycles. The molecule has 0 aliphatic carbocycles. The number of hydrogen-bond acceptors (Lipinski definition) is 2. The van der Waals surface area contributed by atoms with E-state index in [2.05, 4.69) is 30.2 Å². The Morgan fingerprint density at radius 3 is 2.85 bits per heavy atom. The number of hydrogen-bond donors (Lipinski definition) is 3. The highest BCUT2D eigenvalue weighted by Crippen LogP contribution is 1.99. The number of H-pyrrole nitrogens is 1. The van der Waals surface area contributed by atoms with Gasteiger partial charge in [-0.25, -0.2) is 0 Å². The van der Waals surface area contributed by atoms with Gasteiger partial charge in [-0.15, -0.1) is 0 Å². The molecule has 1 rings (SSSR count). The van der Waals surface area contributed by atoms with Crippen LogP contribution in [0.3, 0.4) is 0 Å². The molecule has 0 atom stereocenters. The molecule has 1 aromatic rings. The Labute approximate surface area is 79.7 Å². The van der Waals surface area contributed by atoms with Gasteiger partial charge in [0, 0.05) is 30.5 Å². The van der Waals surface area contributed by atoms with Gasteiger partial charge in [0.2, 0.25) is 0 Å². The first kappa shape index (κ1) is 10.3. The fourth-order valence-corrected chi connectivity index (χ4v) is 1.13. The van der Waals surface area contributed by atoms with Crippen molar-refractivity contribution in [1.82, 2.24) is 10.3 Å². The van der Waals surface area contributed by atoms with E-state index in [1.165, 1.54) is 5.69 Å². The third-order valence-electron chi connectivity index (χ3n) is 2.17. The molecule has 1 heterocycles. The van der Waals surface area contributed by atoms with Crippen LogP contribution in [0.2, 0.25) is 0 Å². The van der Waals surface area contributed by atoms with Crippen molar-refractivity contribution in [2.75, 3.05) is 13.1 Å². The number of aromatic amines is 1. The summed E-state index contributed by atoms with van der Waals surface area (Å²) in [6.07, 6.45) is 2.97. The summed E-state index contributed by atoms with van der Waals surface area (Å²) in [7, 11) is 0. The molecule has 3 nitrogen and oxygen atoms in total. The van der Waals surface area contributed by atoms with Crippen LogP contribution in [0.1, 0.15) is 19.5 Å². The first-order chi connectivity index (χ1) is 6.14. The van der Waals surface area contributed by atoms with E-state index in [0.717, 1.165) is 13.0 Å². The van der Waals surface area contributed by atoms with E-state index in [-0.39, 0.29) is 5.54 Å². The topological polar surface area (TPSA) is 53.8 Å². The fraction of sp³-hybridized carbons (Fsp3) is 0.600. The van der Waals surface area contributed by atoms with Crippen LogP contribution in [0.5, 0.6) is 0 Å². The quantitative estimate of drug-likeness (QED) is 0.631. The third-order valence-corrected chi connectivity index (χ3v) is 2.17. The molecule has 1 aromatic heterocycles. The summed E-state index contributed by atoms with van der Waals surface area (Å²) in [6.45, 7) is 5.85. The van der Waals surface area contributed by atoms with E-state index in [0.29, 0.717) is 6.54 Å². The van der Waals surface area contributed by atoms with Crippen LogP contribution >= 0.6 is 0 Å².